The highest BCUT2D eigenvalue weighted by atomic mass is 16.6. The number of rotatable bonds is 5. The first-order valence-electron chi connectivity index (χ1n) is 5.20. The molecule has 1 rings (SSSR count). The van der Waals surface area contributed by atoms with Gasteiger partial charge in [-0.1, -0.05) is 41.6 Å². The van der Waals surface area contributed by atoms with Gasteiger partial charge in [0.2, 0.25) is 0 Å². The van der Waals surface area contributed by atoms with E-state index in [0.29, 0.717) is 6.61 Å². The van der Waals surface area contributed by atoms with Crippen molar-refractivity contribution in [3.8, 4) is 0 Å². The summed E-state index contributed by atoms with van der Waals surface area (Å²) in [6.07, 6.45) is 3.74. The molecule has 0 saturated heterocycles. The predicted molar refractivity (Wildman–Crippen MR) is 66.6 cm³/mol. The molecular formula is C13H15NO3. The van der Waals surface area contributed by atoms with Crippen LogP contribution in [0.4, 0.5) is 0 Å². The van der Waals surface area contributed by atoms with E-state index in [4.69, 9.17) is 4.84 Å². The Balaban J connectivity index is 2.34. The van der Waals surface area contributed by atoms with Crippen LogP contribution >= 0.6 is 0 Å². The van der Waals surface area contributed by atoms with Crippen molar-refractivity contribution in [2.24, 2.45) is 5.16 Å². The summed E-state index contributed by atoms with van der Waals surface area (Å²) in [6.45, 7) is 1.84. The Kier molecular flexibility index (Phi) is 5.51. The Bertz CT molecular complexity index is 410. The molecule has 0 bridgehead atoms. The average molecular weight is 233 g/mol. The van der Waals surface area contributed by atoms with Crippen molar-refractivity contribution in [2.75, 3.05) is 13.7 Å². The van der Waals surface area contributed by atoms with Gasteiger partial charge in [0.25, 0.3) is 0 Å². The number of hydrogen-bond acceptors (Lipinski definition) is 4. The van der Waals surface area contributed by atoms with E-state index in [1.54, 1.807) is 0 Å². The minimum atomic E-state index is -0.489. The minimum absolute atomic E-state index is 0.195. The lowest BCUT2D eigenvalue weighted by molar-refractivity contribution is -0.132. The maximum atomic E-state index is 10.9. The molecule has 0 aromatic heterocycles. The first-order valence-corrected chi connectivity index (χ1v) is 5.20. The van der Waals surface area contributed by atoms with E-state index >= 15 is 0 Å². The molecule has 1 aromatic rings. The Morgan fingerprint density at radius 1 is 1.35 bits per heavy atom. The van der Waals surface area contributed by atoms with Crippen molar-refractivity contribution in [2.45, 2.75) is 6.92 Å². The molecule has 90 valence electrons. The standard InChI is InChI=1S/C13H15NO3/c1-11(13(15)16-2)14-17-10-6-9-12-7-4-3-5-8-12/h3-9H,10H2,1-2H3/b9-6+,14-11?. The van der Waals surface area contributed by atoms with E-state index in [0.717, 1.165) is 5.56 Å². The largest absolute Gasteiger partial charge is 0.464 e. The van der Waals surface area contributed by atoms with Gasteiger partial charge in [-0.25, -0.2) is 4.79 Å². The number of nitrogens with zero attached hydrogens (tertiary/aromatic N) is 1. The summed E-state index contributed by atoms with van der Waals surface area (Å²) in [6, 6.07) is 9.84. The van der Waals surface area contributed by atoms with Crippen LogP contribution in [0.15, 0.2) is 41.6 Å². The molecule has 0 spiro atoms. The summed E-state index contributed by atoms with van der Waals surface area (Å²) >= 11 is 0. The minimum Gasteiger partial charge on any atom is -0.464 e. The summed E-state index contributed by atoms with van der Waals surface area (Å²) in [5, 5.41) is 3.62. The van der Waals surface area contributed by atoms with E-state index in [1.807, 2.05) is 42.5 Å². The molecule has 1 aromatic carbocycles. The van der Waals surface area contributed by atoms with Gasteiger partial charge in [-0.2, -0.15) is 0 Å². The maximum absolute atomic E-state index is 10.9. The van der Waals surface area contributed by atoms with E-state index in [2.05, 4.69) is 9.89 Å². The van der Waals surface area contributed by atoms with Crippen LogP contribution in [0.2, 0.25) is 0 Å². The zero-order chi connectivity index (χ0) is 12.5. The van der Waals surface area contributed by atoms with E-state index in [1.165, 1.54) is 14.0 Å². The van der Waals surface area contributed by atoms with E-state index in [-0.39, 0.29) is 5.71 Å². The van der Waals surface area contributed by atoms with Crippen molar-refractivity contribution >= 4 is 17.8 Å². The second-order valence-corrected chi connectivity index (χ2v) is 3.28. The second kappa shape index (κ2) is 7.22. The molecule has 0 aliphatic heterocycles. The molecule has 0 unspecified atom stereocenters. The van der Waals surface area contributed by atoms with Crippen LogP contribution in [0.3, 0.4) is 0 Å². The number of ether oxygens (including phenoxy) is 1. The number of methoxy groups -OCH3 is 1. The first kappa shape index (κ1) is 13.0. The highest BCUT2D eigenvalue weighted by molar-refractivity contribution is 6.35. The van der Waals surface area contributed by atoms with Crippen LogP contribution in [0.25, 0.3) is 6.08 Å². The molecule has 0 saturated carbocycles. The zero-order valence-corrected chi connectivity index (χ0v) is 9.92. The highest BCUT2D eigenvalue weighted by Gasteiger charge is 2.04. The van der Waals surface area contributed by atoms with Crippen LogP contribution in [-0.4, -0.2) is 25.4 Å². The fourth-order valence-corrected chi connectivity index (χ4v) is 1.11. The summed E-state index contributed by atoms with van der Waals surface area (Å²) in [5.74, 6) is -0.489. The Hall–Kier alpha value is -2.10. The van der Waals surface area contributed by atoms with Crippen molar-refractivity contribution in [3.63, 3.8) is 0 Å². The number of carbonyl (C=O) groups excluding carboxylic acids is 1. The zero-order valence-electron chi connectivity index (χ0n) is 9.92. The third-order valence-corrected chi connectivity index (χ3v) is 1.96. The Morgan fingerprint density at radius 2 is 2.06 bits per heavy atom. The first-order chi connectivity index (χ1) is 8.24. The molecular weight excluding hydrogens is 218 g/mol. The molecule has 0 amide bonds. The van der Waals surface area contributed by atoms with Crippen molar-refractivity contribution in [1.82, 2.24) is 0 Å². The van der Waals surface area contributed by atoms with E-state index in [9.17, 15) is 4.79 Å². The summed E-state index contributed by atoms with van der Waals surface area (Å²) in [5.41, 5.74) is 1.28. The summed E-state index contributed by atoms with van der Waals surface area (Å²) in [4.78, 5) is 15.9. The van der Waals surface area contributed by atoms with Crippen LogP contribution < -0.4 is 0 Å². The number of carbonyl (C=O) groups is 1. The van der Waals surface area contributed by atoms with E-state index < -0.39 is 5.97 Å². The molecule has 0 fully saturated rings. The summed E-state index contributed by atoms with van der Waals surface area (Å²) < 4.78 is 4.47. The quantitative estimate of drug-likeness (QED) is 0.339. The molecule has 0 atom stereocenters. The van der Waals surface area contributed by atoms with Crippen LogP contribution in [0.5, 0.6) is 0 Å². The van der Waals surface area contributed by atoms with Gasteiger partial charge in [0.05, 0.1) is 7.11 Å². The highest BCUT2D eigenvalue weighted by Crippen LogP contribution is 2.00. The van der Waals surface area contributed by atoms with Gasteiger partial charge in [-0.3, -0.25) is 0 Å². The smallest absolute Gasteiger partial charge is 0.355 e. The number of esters is 1. The molecule has 0 N–H and O–H groups in total. The van der Waals surface area contributed by atoms with Gasteiger partial charge in [-0.05, 0) is 18.6 Å². The fraction of sp³-hybridized carbons (Fsp3) is 0.231. The van der Waals surface area contributed by atoms with Crippen molar-refractivity contribution < 1.29 is 14.4 Å². The maximum Gasteiger partial charge on any atom is 0.355 e. The normalized spacial score (nSPS) is 11.5. The average Bonchev–Trinajstić information content (AvgIpc) is 2.38. The molecule has 4 nitrogen and oxygen atoms in total. The Morgan fingerprint density at radius 3 is 2.71 bits per heavy atom. The summed E-state index contributed by atoms with van der Waals surface area (Å²) in [7, 11) is 1.30. The molecule has 0 aliphatic carbocycles. The molecule has 17 heavy (non-hydrogen) atoms. The van der Waals surface area contributed by atoms with Gasteiger partial charge in [0.15, 0.2) is 5.71 Å². The van der Waals surface area contributed by atoms with Crippen LogP contribution in [0, 0.1) is 0 Å². The Labute approximate surface area is 101 Å². The van der Waals surface area contributed by atoms with Gasteiger partial charge in [0.1, 0.15) is 6.61 Å². The lowest BCUT2D eigenvalue weighted by atomic mass is 10.2. The fourth-order valence-electron chi connectivity index (χ4n) is 1.11. The topological polar surface area (TPSA) is 47.9 Å². The molecule has 0 heterocycles. The van der Waals surface area contributed by atoms with Crippen LogP contribution in [0.1, 0.15) is 12.5 Å². The molecule has 0 radical (unpaired) electrons. The lowest BCUT2D eigenvalue weighted by Gasteiger charge is -1.97. The molecule has 0 aliphatic rings. The van der Waals surface area contributed by atoms with Gasteiger partial charge < -0.3 is 9.57 Å². The van der Waals surface area contributed by atoms with Gasteiger partial charge >= 0.3 is 5.97 Å². The number of hydrogen-bond donors (Lipinski definition) is 0. The monoisotopic (exact) mass is 233 g/mol. The third-order valence-electron chi connectivity index (χ3n) is 1.96. The SMILES string of the molecule is COC(=O)C(C)=NOC/C=C/c1ccccc1. The van der Waals surface area contributed by atoms with Gasteiger partial charge in [0, 0.05) is 0 Å². The van der Waals surface area contributed by atoms with Crippen molar-refractivity contribution in [1.29, 1.82) is 0 Å². The third kappa shape index (κ3) is 4.97. The van der Waals surface area contributed by atoms with Gasteiger partial charge in [-0.15, -0.1) is 0 Å². The predicted octanol–water partition coefficient (Wildman–Crippen LogP) is 2.27. The second-order valence-electron chi connectivity index (χ2n) is 3.28. The number of benzene rings is 1. The lowest BCUT2D eigenvalue weighted by Crippen LogP contribution is -2.12. The number of oxime groups is 1. The van der Waals surface area contributed by atoms with Crippen LogP contribution in [-0.2, 0) is 14.4 Å². The molecule has 4 heteroatoms. The van der Waals surface area contributed by atoms with Crippen molar-refractivity contribution in [3.05, 3.63) is 42.0 Å².